The largest absolute Gasteiger partial charge is 0.463 e. The molecular formula is C14H12ClNO3. The van der Waals surface area contributed by atoms with Crippen LogP contribution >= 0.6 is 11.6 Å². The molecule has 0 bridgehead atoms. The van der Waals surface area contributed by atoms with Crippen LogP contribution in [0.25, 0.3) is 10.9 Å². The maximum atomic E-state index is 12.0. The maximum Gasteiger partial charge on any atom is 0.379 e. The van der Waals surface area contributed by atoms with Gasteiger partial charge < -0.3 is 9.30 Å². The number of methoxy groups -OCH3 is 1. The van der Waals surface area contributed by atoms with Gasteiger partial charge in [-0.1, -0.05) is 17.7 Å². The van der Waals surface area contributed by atoms with Gasteiger partial charge >= 0.3 is 5.97 Å². The molecular weight excluding hydrogens is 266 g/mol. The molecule has 0 aliphatic carbocycles. The summed E-state index contributed by atoms with van der Waals surface area (Å²) >= 11 is 6.20. The molecule has 4 nitrogen and oxygen atoms in total. The molecule has 0 saturated heterocycles. The molecule has 98 valence electrons. The first-order valence-corrected chi connectivity index (χ1v) is 6.44. The molecule has 1 aromatic heterocycles. The Morgan fingerprint density at radius 2 is 2.16 bits per heavy atom. The average Bonchev–Trinajstić information content (AvgIpc) is 2.81. The first kappa shape index (κ1) is 12.2. The number of hydrogen-bond donors (Lipinski definition) is 0. The summed E-state index contributed by atoms with van der Waals surface area (Å²) in [4.78, 5) is 23.4. The molecule has 3 rings (SSSR count). The van der Waals surface area contributed by atoms with Crippen LogP contribution in [0.3, 0.4) is 0 Å². The monoisotopic (exact) mass is 277 g/mol. The third-order valence-electron chi connectivity index (χ3n) is 3.53. The first-order valence-electron chi connectivity index (χ1n) is 6.06. The summed E-state index contributed by atoms with van der Waals surface area (Å²) in [6, 6.07) is 3.57. The maximum absolute atomic E-state index is 12.0. The molecule has 0 saturated carbocycles. The van der Waals surface area contributed by atoms with Crippen molar-refractivity contribution in [2.24, 2.45) is 0 Å². The minimum atomic E-state index is -0.838. The molecule has 0 unspecified atom stereocenters. The topological polar surface area (TPSA) is 48.3 Å². The highest BCUT2D eigenvalue weighted by atomic mass is 35.5. The molecule has 0 atom stereocenters. The SMILES string of the molecule is COC(=O)C(=O)c1cn2c3c(c(Cl)ccc13)CCC2. The van der Waals surface area contributed by atoms with Crippen molar-refractivity contribution in [1.29, 1.82) is 0 Å². The van der Waals surface area contributed by atoms with Crippen LogP contribution in [0.15, 0.2) is 18.3 Å². The van der Waals surface area contributed by atoms with Crippen molar-refractivity contribution >= 4 is 34.3 Å². The van der Waals surface area contributed by atoms with Crippen molar-refractivity contribution < 1.29 is 14.3 Å². The normalized spacial score (nSPS) is 13.6. The van der Waals surface area contributed by atoms with Gasteiger partial charge in [-0.3, -0.25) is 4.79 Å². The Morgan fingerprint density at radius 1 is 1.37 bits per heavy atom. The van der Waals surface area contributed by atoms with E-state index in [0.717, 1.165) is 35.9 Å². The Balaban J connectivity index is 2.27. The number of rotatable bonds is 2. The summed E-state index contributed by atoms with van der Waals surface area (Å²) in [6.07, 6.45) is 3.60. The number of aryl methyl sites for hydroxylation is 2. The second kappa shape index (κ2) is 4.38. The smallest absolute Gasteiger partial charge is 0.379 e. The van der Waals surface area contributed by atoms with Crippen LogP contribution in [0.4, 0.5) is 0 Å². The summed E-state index contributed by atoms with van der Waals surface area (Å²) in [7, 11) is 1.21. The van der Waals surface area contributed by atoms with Crippen LogP contribution in [-0.2, 0) is 22.5 Å². The molecule has 0 spiro atoms. The number of nitrogens with zero attached hydrogens (tertiary/aromatic N) is 1. The lowest BCUT2D eigenvalue weighted by molar-refractivity contribution is -0.135. The number of ketones is 1. The number of ether oxygens (including phenoxy) is 1. The van der Waals surface area contributed by atoms with Crippen molar-refractivity contribution in [3.05, 3.63) is 34.5 Å². The predicted octanol–water partition coefficient (Wildman–Crippen LogP) is 2.60. The summed E-state index contributed by atoms with van der Waals surface area (Å²) in [6.45, 7) is 0.832. The standard InChI is InChI=1S/C14H12ClNO3/c1-19-14(18)13(17)10-7-16-6-2-3-9-11(15)5-4-8(10)12(9)16/h4-5,7H,2-3,6H2,1H3. The number of hydrogen-bond acceptors (Lipinski definition) is 3. The Morgan fingerprint density at radius 3 is 2.89 bits per heavy atom. The van der Waals surface area contributed by atoms with Crippen LogP contribution in [-0.4, -0.2) is 23.4 Å². The van der Waals surface area contributed by atoms with E-state index in [4.69, 9.17) is 11.6 Å². The van der Waals surface area contributed by atoms with E-state index < -0.39 is 11.8 Å². The highest BCUT2D eigenvalue weighted by Crippen LogP contribution is 2.34. The van der Waals surface area contributed by atoms with E-state index in [9.17, 15) is 9.59 Å². The van der Waals surface area contributed by atoms with E-state index in [0.29, 0.717) is 10.6 Å². The molecule has 1 aromatic carbocycles. The van der Waals surface area contributed by atoms with Crippen LogP contribution in [0, 0.1) is 0 Å². The van der Waals surface area contributed by atoms with Crippen molar-refractivity contribution in [1.82, 2.24) is 4.57 Å². The first-order chi connectivity index (χ1) is 9.13. The average molecular weight is 278 g/mol. The fourth-order valence-corrected chi connectivity index (χ4v) is 2.92. The fraction of sp³-hybridized carbons (Fsp3) is 0.286. The zero-order chi connectivity index (χ0) is 13.6. The number of Topliss-reactive ketones (excluding diaryl/α,β-unsaturated/α-hetero) is 1. The highest BCUT2D eigenvalue weighted by Gasteiger charge is 2.25. The minimum absolute atomic E-state index is 0.390. The zero-order valence-corrected chi connectivity index (χ0v) is 11.2. The number of halogens is 1. The minimum Gasteiger partial charge on any atom is -0.463 e. The number of aromatic nitrogens is 1. The lowest BCUT2D eigenvalue weighted by Crippen LogP contribution is -2.15. The van der Waals surface area contributed by atoms with E-state index in [2.05, 4.69) is 4.74 Å². The molecule has 2 aromatic rings. The Labute approximate surface area is 114 Å². The molecule has 0 amide bonds. The second-order valence-electron chi connectivity index (χ2n) is 4.58. The van der Waals surface area contributed by atoms with Crippen molar-refractivity contribution in [2.75, 3.05) is 7.11 Å². The predicted molar refractivity (Wildman–Crippen MR) is 71.6 cm³/mol. The quantitative estimate of drug-likeness (QED) is 0.482. The Kier molecular flexibility index (Phi) is 2.82. The molecule has 0 radical (unpaired) electrons. The van der Waals surface area contributed by atoms with Gasteiger partial charge in [0.2, 0.25) is 0 Å². The van der Waals surface area contributed by atoms with Crippen LogP contribution in [0.5, 0.6) is 0 Å². The van der Waals surface area contributed by atoms with Gasteiger partial charge in [-0.25, -0.2) is 4.79 Å². The van der Waals surface area contributed by atoms with Gasteiger partial charge in [0.1, 0.15) is 0 Å². The fourth-order valence-electron chi connectivity index (χ4n) is 2.67. The van der Waals surface area contributed by atoms with E-state index in [-0.39, 0.29) is 0 Å². The number of carbonyl (C=O) groups is 2. The third kappa shape index (κ3) is 1.75. The van der Waals surface area contributed by atoms with Crippen LogP contribution in [0.2, 0.25) is 5.02 Å². The number of carbonyl (C=O) groups excluding carboxylic acids is 2. The summed E-state index contributed by atoms with van der Waals surface area (Å²) in [5, 5.41) is 1.48. The molecule has 1 aliphatic rings. The third-order valence-corrected chi connectivity index (χ3v) is 3.88. The van der Waals surface area contributed by atoms with Crippen molar-refractivity contribution in [3.63, 3.8) is 0 Å². The Bertz CT molecular complexity index is 702. The van der Waals surface area contributed by atoms with Gasteiger partial charge in [0.25, 0.3) is 5.78 Å². The van der Waals surface area contributed by atoms with E-state index in [1.165, 1.54) is 7.11 Å². The summed E-state index contributed by atoms with van der Waals surface area (Å²) < 4.78 is 6.50. The number of benzene rings is 1. The molecule has 0 fully saturated rings. The van der Waals surface area contributed by atoms with Crippen LogP contribution in [0.1, 0.15) is 22.3 Å². The molecule has 19 heavy (non-hydrogen) atoms. The lowest BCUT2D eigenvalue weighted by Gasteiger charge is -2.16. The van der Waals surface area contributed by atoms with Gasteiger partial charge in [0.05, 0.1) is 18.2 Å². The molecule has 2 heterocycles. The van der Waals surface area contributed by atoms with Gasteiger partial charge in [0, 0.05) is 23.2 Å². The van der Waals surface area contributed by atoms with Gasteiger partial charge in [-0.15, -0.1) is 0 Å². The van der Waals surface area contributed by atoms with Crippen molar-refractivity contribution in [3.8, 4) is 0 Å². The molecule has 1 aliphatic heterocycles. The summed E-state index contributed by atoms with van der Waals surface area (Å²) in [5.41, 5.74) is 2.40. The van der Waals surface area contributed by atoms with Crippen molar-refractivity contribution in [2.45, 2.75) is 19.4 Å². The van der Waals surface area contributed by atoms with Crippen LogP contribution < -0.4 is 0 Å². The summed E-state index contributed by atoms with van der Waals surface area (Å²) in [5.74, 6) is -1.45. The Hall–Kier alpha value is -1.81. The highest BCUT2D eigenvalue weighted by molar-refractivity contribution is 6.43. The van der Waals surface area contributed by atoms with Gasteiger partial charge in [-0.05, 0) is 24.5 Å². The zero-order valence-electron chi connectivity index (χ0n) is 10.4. The van der Waals surface area contributed by atoms with E-state index in [1.54, 1.807) is 18.3 Å². The van der Waals surface area contributed by atoms with Gasteiger partial charge in [0.15, 0.2) is 0 Å². The lowest BCUT2D eigenvalue weighted by atomic mass is 10.0. The van der Waals surface area contributed by atoms with E-state index >= 15 is 0 Å². The number of esters is 1. The van der Waals surface area contributed by atoms with E-state index in [1.807, 2.05) is 4.57 Å². The second-order valence-corrected chi connectivity index (χ2v) is 4.99. The molecule has 5 heteroatoms. The molecule has 0 N–H and O–H groups in total. The van der Waals surface area contributed by atoms with Gasteiger partial charge in [-0.2, -0.15) is 0 Å².